The molecule has 16 heavy (non-hydrogen) atoms. The fourth-order valence-corrected chi connectivity index (χ4v) is 3.79. The molecule has 2 aromatic rings. The van der Waals surface area contributed by atoms with Gasteiger partial charge in [-0.1, -0.05) is 60.7 Å². The summed E-state index contributed by atoms with van der Waals surface area (Å²) in [5.41, 5.74) is 1.00. The first kappa shape index (κ1) is 11.4. The average Bonchev–Trinajstić information content (AvgIpc) is 2.31. The number of hydrogen-bond donors (Lipinski definition) is 0. The lowest BCUT2D eigenvalue weighted by Crippen LogP contribution is -2.01. The Kier molecular flexibility index (Phi) is 3.48. The first-order valence-electron chi connectivity index (χ1n) is 5.07. The molecule has 1 atom stereocenters. The topological polar surface area (TPSA) is 17.1 Å². The van der Waals surface area contributed by atoms with Crippen LogP contribution in [0.1, 0.15) is 5.56 Å². The molecule has 0 aliphatic heterocycles. The Hall–Kier alpha value is -1.04. The quantitative estimate of drug-likeness (QED) is 0.752. The van der Waals surface area contributed by atoms with Crippen LogP contribution in [-0.2, 0) is 10.7 Å². The maximum absolute atomic E-state index is 12.4. The molecule has 0 aliphatic rings. The van der Waals surface area contributed by atoms with E-state index in [-0.39, 0.29) is 0 Å². The summed E-state index contributed by atoms with van der Waals surface area (Å²) < 4.78 is 12.4. The van der Waals surface area contributed by atoms with Crippen molar-refractivity contribution in [1.29, 1.82) is 0 Å². The Morgan fingerprint density at radius 3 is 1.94 bits per heavy atom. The molecule has 2 rings (SSSR count). The Balaban J connectivity index is 2.25. The minimum Gasteiger partial charge on any atom is -0.301 e. The first-order valence-corrected chi connectivity index (χ1v) is 7.86. The molecule has 82 valence electrons. The van der Waals surface area contributed by atoms with Gasteiger partial charge in [-0.15, -0.1) is 0 Å². The molecule has 0 spiro atoms. The van der Waals surface area contributed by atoms with Gasteiger partial charge in [-0.2, -0.15) is 0 Å². The van der Waals surface area contributed by atoms with Crippen LogP contribution < -0.4 is 5.30 Å². The lowest BCUT2D eigenvalue weighted by Gasteiger charge is -2.10. The van der Waals surface area contributed by atoms with Crippen LogP contribution in [0.2, 0.25) is 0 Å². The highest BCUT2D eigenvalue weighted by atomic mass is 35.7. The van der Waals surface area contributed by atoms with E-state index >= 15 is 0 Å². The molecular weight excluding hydrogens is 239 g/mol. The summed E-state index contributed by atoms with van der Waals surface area (Å²) in [7, 11) is 0. The second-order valence-electron chi connectivity index (χ2n) is 3.63. The Bertz CT molecular complexity index is 496. The Morgan fingerprint density at radius 1 is 0.875 bits per heavy atom. The second-order valence-corrected chi connectivity index (χ2v) is 7.40. The molecule has 0 radical (unpaired) electrons. The lowest BCUT2D eigenvalue weighted by atomic mass is 10.2. The van der Waals surface area contributed by atoms with Gasteiger partial charge < -0.3 is 4.57 Å². The van der Waals surface area contributed by atoms with E-state index in [1.165, 1.54) is 0 Å². The molecule has 0 aromatic heterocycles. The molecule has 0 aliphatic carbocycles. The molecule has 1 unspecified atom stereocenters. The number of benzene rings is 2. The zero-order valence-corrected chi connectivity index (χ0v) is 10.4. The minimum atomic E-state index is -2.79. The Morgan fingerprint density at radius 2 is 1.38 bits per heavy atom. The molecule has 0 fully saturated rings. The summed E-state index contributed by atoms with van der Waals surface area (Å²) in [6.45, 7) is -2.79. The predicted molar refractivity (Wildman–Crippen MR) is 69.7 cm³/mol. The van der Waals surface area contributed by atoms with Crippen molar-refractivity contribution < 1.29 is 4.57 Å². The van der Waals surface area contributed by atoms with Gasteiger partial charge in [0.15, 0.2) is 0 Å². The van der Waals surface area contributed by atoms with E-state index in [1.807, 2.05) is 60.7 Å². The van der Waals surface area contributed by atoms with Crippen molar-refractivity contribution in [2.24, 2.45) is 0 Å². The van der Waals surface area contributed by atoms with Crippen LogP contribution in [0, 0.1) is 0 Å². The maximum atomic E-state index is 12.4. The third-order valence-electron chi connectivity index (χ3n) is 2.37. The van der Waals surface area contributed by atoms with Gasteiger partial charge in [0, 0.05) is 11.5 Å². The summed E-state index contributed by atoms with van der Waals surface area (Å²) in [5, 5.41) is 0.723. The molecule has 0 saturated carbocycles. The van der Waals surface area contributed by atoms with Crippen LogP contribution in [0.3, 0.4) is 0 Å². The van der Waals surface area contributed by atoms with Crippen molar-refractivity contribution in [1.82, 2.24) is 0 Å². The van der Waals surface area contributed by atoms with Crippen molar-refractivity contribution in [3.8, 4) is 0 Å². The van der Waals surface area contributed by atoms with Crippen LogP contribution in [0.15, 0.2) is 60.7 Å². The van der Waals surface area contributed by atoms with Crippen molar-refractivity contribution in [2.45, 2.75) is 6.16 Å². The summed E-state index contributed by atoms with van der Waals surface area (Å²) in [6, 6.07) is 18.9. The molecule has 1 nitrogen and oxygen atoms in total. The number of hydrogen-bond acceptors (Lipinski definition) is 1. The van der Waals surface area contributed by atoms with E-state index in [4.69, 9.17) is 11.2 Å². The summed E-state index contributed by atoms with van der Waals surface area (Å²) in [4.78, 5) is 0. The Labute approximate surface area is 100 Å². The van der Waals surface area contributed by atoms with Crippen LogP contribution >= 0.6 is 17.7 Å². The summed E-state index contributed by atoms with van der Waals surface area (Å²) >= 11 is 6.15. The van der Waals surface area contributed by atoms with Gasteiger partial charge in [-0.05, 0) is 16.8 Å². The van der Waals surface area contributed by atoms with Gasteiger partial charge in [-0.25, -0.2) is 0 Å². The van der Waals surface area contributed by atoms with Crippen LogP contribution in [0.5, 0.6) is 0 Å². The van der Waals surface area contributed by atoms with Gasteiger partial charge in [0.05, 0.1) is 0 Å². The van der Waals surface area contributed by atoms with Crippen molar-refractivity contribution in [2.75, 3.05) is 0 Å². The van der Waals surface area contributed by atoms with Crippen molar-refractivity contribution in [3.05, 3.63) is 66.2 Å². The zero-order chi connectivity index (χ0) is 11.4. The van der Waals surface area contributed by atoms with E-state index < -0.39 is 6.49 Å². The first-order chi connectivity index (χ1) is 7.68. The van der Waals surface area contributed by atoms with E-state index in [0.717, 1.165) is 10.9 Å². The van der Waals surface area contributed by atoms with Crippen molar-refractivity contribution in [3.63, 3.8) is 0 Å². The molecule has 0 N–H and O–H groups in total. The van der Waals surface area contributed by atoms with E-state index in [9.17, 15) is 4.57 Å². The van der Waals surface area contributed by atoms with Crippen molar-refractivity contribution >= 4 is 23.0 Å². The highest BCUT2D eigenvalue weighted by Gasteiger charge is 2.21. The second kappa shape index (κ2) is 4.86. The zero-order valence-electron chi connectivity index (χ0n) is 8.71. The molecule has 0 heterocycles. The monoisotopic (exact) mass is 250 g/mol. The van der Waals surface area contributed by atoms with Gasteiger partial charge in [0.25, 0.3) is 0 Å². The SMILES string of the molecule is O=P(Cl)(Cc1ccccc1)c1ccccc1. The fourth-order valence-electron chi connectivity index (χ4n) is 1.56. The highest BCUT2D eigenvalue weighted by molar-refractivity contribution is 7.94. The molecule has 3 heteroatoms. The van der Waals surface area contributed by atoms with E-state index in [0.29, 0.717) is 6.16 Å². The number of rotatable bonds is 3. The minimum absolute atomic E-state index is 0.402. The largest absolute Gasteiger partial charge is 0.301 e. The number of halogens is 1. The molecule has 2 aromatic carbocycles. The van der Waals surface area contributed by atoms with Crippen LogP contribution in [-0.4, -0.2) is 0 Å². The normalized spacial score (nSPS) is 14.3. The van der Waals surface area contributed by atoms with Crippen LogP contribution in [0.4, 0.5) is 0 Å². The van der Waals surface area contributed by atoms with Gasteiger partial charge in [-0.3, -0.25) is 0 Å². The van der Waals surface area contributed by atoms with Gasteiger partial charge in [0.1, 0.15) is 0 Å². The smallest absolute Gasteiger partial charge is 0.201 e. The third-order valence-corrected chi connectivity index (χ3v) is 5.16. The van der Waals surface area contributed by atoms with E-state index in [1.54, 1.807) is 0 Å². The van der Waals surface area contributed by atoms with Crippen LogP contribution in [0.25, 0.3) is 0 Å². The molecule has 0 bridgehead atoms. The molecular formula is C13H12ClOP. The summed E-state index contributed by atoms with van der Waals surface area (Å²) in [6.07, 6.45) is 0.402. The van der Waals surface area contributed by atoms with Gasteiger partial charge >= 0.3 is 0 Å². The van der Waals surface area contributed by atoms with Gasteiger partial charge in [0.2, 0.25) is 6.49 Å². The van der Waals surface area contributed by atoms with E-state index in [2.05, 4.69) is 0 Å². The fraction of sp³-hybridized carbons (Fsp3) is 0.0769. The predicted octanol–water partition coefficient (Wildman–Crippen LogP) is 4.03. The molecule has 0 amide bonds. The lowest BCUT2D eigenvalue weighted by molar-refractivity contribution is 0.589. The molecule has 0 saturated heterocycles. The highest BCUT2D eigenvalue weighted by Crippen LogP contribution is 2.52. The summed E-state index contributed by atoms with van der Waals surface area (Å²) in [5.74, 6) is 0. The standard InChI is InChI=1S/C13H12ClOP/c14-16(15,13-9-5-2-6-10-13)11-12-7-3-1-4-8-12/h1-10H,11H2. The third kappa shape index (κ3) is 2.75. The maximum Gasteiger partial charge on any atom is 0.201 e. The average molecular weight is 251 g/mol.